The first-order valence-corrected chi connectivity index (χ1v) is 9.19. The first-order chi connectivity index (χ1) is 13.8. The van der Waals surface area contributed by atoms with E-state index in [9.17, 15) is 14.0 Å². The molecular formula is C22H16ClFN2O3. The fraction of sp³-hybridized carbons (Fsp3) is 0.0909. The number of nitrogens with zero attached hydrogens (tertiary/aromatic N) is 1. The van der Waals surface area contributed by atoms with Gasteiger partial charge < -0.3 is 9.73 Å². The van der Waals surface area contributed by atoms with Gasteiger partial charge in [-0.1, -0.05) is 29.8 Å². The van der Waals surface area contributed by atoms with Gasteiger partial charge in [0.05, 0.1) is 16.1 Å². The summed E-state index contributed by atoms with van der Waals surface area (Å²) in [5.74, 6) is -1.71. The van der Waals surface area contributed by atoms with Crippen LogP contribution in [0.3, 0.4) is 0 Å². The van der Waals surface area contributed by atoms with Crippen LogP contribution in [0.2, 0.25) is 5.02 Å². The predicted molar refractivity (Wildman–Crippen MR) is 111 cm³/mol. The second-order valence-corrected chi connectivity index (χ2v) is 7.10. The zero-order chi connectivity index (χ0) is 20.7. The van der Waals surface area contributed by atoms with Crippen LogP contribution in [0.15, 0.2) is 63.8 Å². The predicted octanol–water partition coefficient (Wildman–Crippen LogP) is 5.15. The summed E-state index contributed by atoms with van der Waals surface area (Å²) in [4.78, 5) is 24.1. The number of nitrogens with one attached hydrogen (secondary N) is 1. The third-order valence-corrected chi connectivity index (χ3v) is 5.10. The topological polar surface area (TPSA) is 64.2 Å². The molecule has 0 saturated heterocycles. The van der Waals surface area contributed by atoms with Crippen molar-refractivity contribution in [2.75, 3.05) is 5.32 Å². The average molecular weight is 411 g/mol. The maximum atomic E-state index is 13.9. The molecule has 0 unspecified atom stereocenters. The molecule has 0 aliphatic heterocycles. The van der Waals surface area contributed by atoms with Crippen LogP contribution in [-0.2, 0) is 7.05 Å². The number of hydrogen-bond acceptors (Lipinski definition) is 3. The van der Waals surface area contributed by atoms with E-state index in [0.29, 0.717) is 16.8 Å². The maximum absolute atomic E-state index is 13.9. The average Bonchev–Trinajstić information content (AvgIpc) is 2.95. The molecule has 4 rings (SSSR count). The monoisotopic (exact) mass is 410 g/mol. The number of aromatic nitrogens is 1. The van der Waals surface area contributed by atoms with Crippen molar-refractivity contribution in [1.82, 2.24) is 4.57 Å². The number of anilines is 1. The Kier molecular flexibility index (Phi) is 4.72. The van der Waals surface area contributed by atoms with Crippen LogP contribution in [-0.4, -0.2) is 10.5 Å². The van der Waals surface area contributed by atoms with Crippen molar-refractivity contribution in [3.8, 4) is 11.1 Å². The van der Waals surface area contributed by atoms with Crippen molar-refractivity contribution in [2.24, 2.45) is 7.05 Å². The first kappa shape index (κ1) is 19.0. The SMILES string of the molecule is Cc1cc2oc(=O)n(C)c2cc1-c1ccc(NC(=O)c2c(F)cccc2Cl)cc1. The zero-order valence-electron chi connectivity index (χ0n) is 15.6. The van der Waals surface area contributed by atoms with Gasteiger partial charge in [-0.15, -0.1) is 0 Å². The first-order valence-electron chi connectivity index (χ1n) is 8.81. The van der Waals surface area contributed by atoms with Crippen LogP contribution in [0.5, 0.6) is 0 Å². The number of carbonyl (C=O) groups is 1. The van der Waals surface area contributed by atoms with Crippen LogP contribution in [0.4, 0.5) is 10.1 Å². The lowest BCUT2D eigenvalue weighted by Gasteiger charge is -2.10. The standard InChI is InChI=1S/C22H16ClFN2O3/c1-12-10-19-18(26(2)22(28)29-19)11-15(12)13-6-8-14(9-7-13)25-21(27)20-16(23)4-3-5-17(20)24/h3-11H,1-2H3,(H,25,27). The molecule has 146 valence electrons. The summed E-state index contributed by atoms with van der Waals surface area (Å²) in [6.45, 7) is 1.93. The zero-order valence-corrected chi connectivity index (χ0v) is 16.4. The molecule has 7 heteroatoms. The molecule has 3 aromatic carbocycles. The van der Waals surface area contributed by atoms with Gasteiger partial charge in [0.25, 0.3) is 5.91 Å². The fourth-order valence-electron chi connectivity index (χ4n) is 3.23. The summed E-state index contributed by atoms with van der Waals surface area (Å²) in [5.41, 5.74) is 4.32. The number of halogens is 2. The van der Waals surface area contributed by atoms with Crippen LogP contribution < -0.4 is 11.1 Å². The van der Waals surface area contributed by atoms with Gasteiger partial charge in [-0.2, -0.15) is 0 Å². The second kappa shape index (κ2) is 7.22. The lowest BCUT2D eigenvalue weighted by atomic mass is 9.99. The maximum Gasteiger partial charge on any atom is 0.419 e. The molecule has 0 fully saturated rings. The molecule has 1 aromatic heterocycles. The largest absolute Gasteiger partial charge is 0.419 e. The van der Waals surface area contributed by atoms with Gasteiger partial charge in [0, 0.05) is 12.7 Å². The lowest BCUT2D eigenvalue weighted by Crippen LogP contribution is -2.14. The van der Waals surface area contributed by atoms with Gasteiger partial charge in [0.2, 0.25) is 0 Å². The molecule has 0 saturated carbocycles. The van der Waals surface area contributed by atoms with E-state index in [4.69, 9.17) is 16.0 Å². The Morgan fingerprint density at radius 1 is 1.14 bits per heavy atom. The van der Waals surface area contributed by atoms with Crippen molar-refractivity contribution in [2.45, 2.75) is 6.92 Å². The molecule has 0 radical (unpaired) electrons. The van der Waals surface area contributed by atoms with Crippen LogP contribution in [0, 0.1) is 12.7 Å². The highest BCUT2D eigenvalue weighted by molar-refractivity contribution is 6.34. The van der Waals surface area contributed by atoms with Gasteiger partial charge >= 0.3 is 5.76 Å². The summed E-state index contributed by atoms with van der Waals surface area (Å²) in [6.07, 6.45) is 0. The molecule has 5 nitrogen and oxygen atoms in total. The number of rotatable bonds is 3. The third kappa shape index (κ3) is 3.43. The Balaban J connectivity index is 1.64. The minimum Gasteiger partial charge on any atom is -0.408 e. The van der Waals surface area contributed by atoms with Crippen molar-refractivity contribution >= 4 is 34.3 Å². The Bertz CT molecular complexity index is 1290. The third-order valence-electron chi connectivity index (χ3n) is 4.78. The quantitative estimate of drug-likeness (QED) is 0.508. The van der Waals surface area contributed by atoms with Crippen molar-refractivity contribution in [1.29, 1.82) is 0 Å². The molecule has 0 aliphatic rings. The number of fused-ring (bicyclic) bond motifs is 1. The molecule has 0 spiro atoms. The molecule has 29 heavy (non-hydrogen) atoms. The van der Waals surface area contributed by atoms with E-state index in [-0.39, 0.29) is 10.6 Å². The van der Waals surface area contributed by atoms with Crippen molar-refractivity contribution in [3.63, 3.8) is 0 Å². The summed E-state index contributed by atoms with van der Waals surface area (Å²) < 4.78 is 20.6. The molecular weight excluding hydrogens is 395 g/mol. The molecule has 1 heterocycles. The minimum atomic E-state index is -0.679. The normalized spacial score (nSPS) is 11.0. The number of amides is 1. The molecule has 0 atom stereocenters. The van der Waals surface area contributed by atoms with Crippen molar-refractivity contribution < 1.29 is 13.6 Å². The number of aryl methyl sites for hydroxylation is 2. The Morgan fingerprint density at radius 3 is 2.55 bits per heavy atom. The van der Waals surface area contributed by atoms with Gasteiger partial charge in [-0.25, -0.2) is 9.18 Å². The van der Waals surface area contributed by atoms with E-state index in [1.807, 2.05) is 31.2 Å². The van der Waals surface area contributed by atoms with Gasteiger partial charge in [-0.3, -0.25) is 9.36 Å². The number of hydrogen-bond donors (Lipinski definition) is 1. The summed E-state index contributed by atoms with van der Waals surface area (Å²) >= 11 is 5.94. The van der Waals surface area contributed by atoms with Crippen LogP contribution in [0.25, 0.3) is 22.2 Å². The number of oxazole rings is 1. The van der Waals surface area contributed by atoms with E-state index in [2.05, 4.69) is 5.32 Å². The van der Waals surface area contributed by atoms with E-state index < -0.39 is 17.5 Å². The van der Waals surface area contributed by atoms with E-state index in [1.165, 1.54) is 22.8 Å². The second-order valence-electron chi connectivity index (χ2n) is 6.69. The van der Waals surface area contributed by atoms with E-state index in [0.717, 1.165) is 16.7 Å². The van der Waals surface area contributed by atoms with E-state index >= 15 is 0 Å². The highest BCUT2D eigenvalue weighted by atomic mass is 35.5. The highest BCUT2D eigenvalue weighted by Crippen LogP contribution is 2.29. The summed E-state index contributed by atoms with van der Waals surface area (Å²) in [6, 6.07) is 14.9. The molecule has 1 amide bonds. The molecule has 0 aliphatic carbocycles. The highest BCUT2D eigenvalue weighted by Gasteiger charge is 2.16. The Labute approximate surface area is 170 Å². The molecule has 4 aromatic rings. The number of carbonyl (C=O) groups excluding carboxylic acids is 1. The van der Waals surface area contributed by atoms with Crippen molar-refractivity contribution in [3.05, 3.63) is 87.1 Å². The summed E-state index contributed by atoms with van der Waals surface area (Å²) in [5, 5.41) is 2.70. The minimum absolute atomic E-state index is 0.0498. The summed E-state index contributed by atoms with van der Waals surface area (Å²) in [7, 11) is 1.65. The van der Waals surface area contributed by atoms with Crippen LogP contribution in [0.1, 0.15) is 15.9 Å². The molecule has 1 N–H and O–H groups in total. The van der Waals surface area contributed by atoms with Gasteiger partial charge in [-0.05, 0) is 60.0 Å². The molecule has 0 bridgehead atoms. The van der Waals surface area contributed by atoms with Gasteiger partial charge in [0.1, 0.15) is 5.82 Å². The fourth-order valence-corrected chi connectivity index (χ4v) is 3.48. The van der Waals surface area contributed by atoms with E-state index in [1.54, 1.807) is 19.2 Å². The smallest absolute Gasteiger partial charge is 0.408 e. The Morgan fingerprint density at radius 2 is 1.86 bits per heavy atom. The Hall–Kier alpha value is -3.38. The van der Waals surface area contributed by atoms with Gasteiger partial charge in [0.15, 0.2) is 5.58 Å². The number of benzene rings is 3. The lowest BCUT2D eigenvalue weighted by molar-refractivity contribution is 0.102. The van der Waals surface area contributed by atoms with Crippen LogP contribution >= 0.6 is 11.6 Å².